The van der Waals surface area contributed by atoms with Crippen molar-refractivity contribution in [3.05, 3.63) is 15.6 Å². The summed E-state index contributed by atoms with van der Waals surface area (Å²) < 4.78 is 0. The maximum Gasteiger partial charge on any atom is 0.0928 e. The summed E-state index contributed by atoms with van der Waals surface area (Å²) in [4.78, 5) is 5.95. The van der Waals surface area contributed by atoms with Crippen molar-refractivity contribution in [1.29, 1.82) is 0 Å². The summed E-state index contributed by atoms with van der Waals surface area (Å²) in [7, 11) is 0. The van der Waals surface area contributed by atoms with Gasteiger partial charge in [-0.1, -0.05) is 20.8 Å². The van der Waals surface area contributed by atoms with Gasteiger partial charge in [-0.3, -0.25) is 0 Å². The van der Waals surface area contributed by atoms with Crippen molar-refractivity contribution in [2.75, 3.05) is 6.54 Å². The van der Waals surface area contributed by atoms with Crippen LogP contribution < -0.4 is 5.32 Å². The minimum atomic E-state index is 0.435. The van der Waals surface area contributed by atoms with Crippen LogP contribution in [0.15, 0.2) is 0 Å². The van der Waals surface area contributed by atoms with Crippen LogP contribution in [0.3, 0.4) is 0 Å². The molecule has 0 saturated carbocycles. The third kappa shape index (κ3) is 3.58. The molecule has 0 saturated heterocycles. The number of aryl methyl sites for hydroxylation is 2. The predicted octanol–water partition coefficient (Wildman–Crippen LogP) is 3.32. The highest BCUT2D eigenvalue weighted by Crippen LogP contribution is 2.25. The fraction of sp³-hybridized carbons (Fsp3) is 0.750. The quantitative estimate of drug-likeness (QED) is 0.833. The van der Waals surface area contributed by atoms with Gasteiger partial charge in [0.25, 0.3) is 0 Å². The predicted molar refractivity (Wildman–Crippen MR) is 67.5 cm³/mol. The zero-order valence-corrected chi connectivity index (χ0v) is 11.2. The number of hydrogen-bond donors (Lipinski definition) is 1. The standard InChI is InChI=1S/C12H22N2S/c1-6-11-14-10(5)12(15-11)9(4)13-7-8(2)3/h8-9,13H,6-7H2,1-5H3. The Bertz CT molecular complexity index is 305. The van der Waals surface area contributed by atoms with Crippen LogP contribution in [0.1, 0.15) is 49.3 Å². The van der Waals surface area contributed by atoms with Crippen LogP contribution in [0.2, 0.25) is 0 Å². The van der Waals surface area contributed by atoms with Gasteiger partial charge < -0.3 is 5.32 Å². The molecule has 0 amide bonds. The fourth-order valence-electron chi connectivity index (χ4n) is 1.52. The van der Waals surface area contributed by atoms with E-state index in [0.29, 0.717) is 12.0 Å². The van der Waals surface area contributed by atoms with E-state index in [4.69, 9.17) is 0 Å². The van der Waals surface area contributed by atoms with Gasteiger partial charge in [0.15, 0.2) is 0 Å². The molecule has 1 heterocycles. The molecule has 0 aromatic carbocycles. The van der Waals surface area contributed by atoms with Crippen LogP contribution in [-0.2, 0) is 6.42 Å². The van der Waals surface area contributed by atoms with Crippen LogP contribution in [0.4, 0.5) is 0 Å². The summed E-state index contributed by atoms with van der Waals surface area (Å²) >= 11 is 1.85. The minimum absolute atomic E-state index is 0.435. The Morgan fingerprint density at radius 3 is 2.47 bits per heavy atom. The van der Waals surface area contributed by atoms with Gasteiger partial charge in [0, 0.05) is 10.9 Å². The molecular weight excluding hydrogens is 204 g/mol. The molecule has 2 nitrogen and oxygen atoms in total. The topological polar surface area (TPSA) is 24.9 Å². The Labute approximate surface area is 97.1 Å². The van der Waals surface area contributed by atoms with Gasteiger partial charge in [-0.25, -0.2) is 4.98 Å². The first-order valence-corrected chi connectivity index (χ1v) is 6.55. The summed E-state index contributed by atoms with van der Waals surface area (Å²) in [5.41, 5.74) is 1.20. The molecule has 3 heteroatoms. The van der Waals surface area contributed by atoms with Gasteiger partial charge >= 0.3 is 0 Å². The van der Waals surface area contributed by atoms with E-state index in [1.807, 2.05) is 11.3 Å². The average Bonchev–Trinajstić information content (AvgIpc) is 2.56. The zero-order chi connectivity index (χ0) is 11.4. The van der Waals surface area contributed by atoms with Crippen molar-refractivity contribution in [3.8, 4) is 0 Å². The van der Waals surface area contributed by atoms with Gasteiger partial charge in [-0.15, -0.1) is 11.3 Å². The SMILES string of the molecule is CCc1nc(C)c(C(C)NCC(C)C)s1. The Balaban J connectivity index is 2.64. The Morgan fingerprint density at radius 2 is 2.00 bits per heavy atom. The summed E-state index contributed by atoms with van der Waals surface area (Å²) in [6, 6.07) is 0.435. The first kappa shape index (κ1) is 12.7. The van der Waals surface area contributed by atoms with Crippen molar-refractivity contribution >= 4 is 11.3 Å². The van der Waals surface area contributed by atoms with E-state index in [1.165, 1.54) is 15.6 Å². The average molecular weight is 226 g/mol. The first-order chi connectivity index (χ1) is 7.04. The van der Waals surface area contributed by atoms with Crippen LogP contribution >= 0.6 is 11.3 Å². The lowest BCUT2D eigenvalue weighted by atomic mass is 10.2. The van der Waals surface area contributed by atoms with Crippen molar-refractivity contribution in [3.63, 3.8) is 0 Å². The second-order valence-electron chi connectivity index (χ2n) is 4.43. The lowest BCUT2D eigenvalue weighted by Gasteiger charge is -2.14. The molecule has 0 aliphatic heterocycles. The summed E-state index contributed by atoms with van der Waals surface area (Å²) in [5.74, 6) is 0.700. The molecule has 0 radical (unpaired) electrons. The molecule has 0 spiro atoms. The number of nitrogens with one attached hydrogen (secondary N) is 1. The Kier molecular flexibility index (Phi) is 4.74. The molecule has 0 aliphatic rings. The molecule has 1 rings (SSSR count). The maximum absolute atomic E-state index is 4.56. The highest BCUT2D eigenvalue weighted by molar-refractivity contribution is 7.11. The van der Waals surface area contributed by atoms with E-state index < -0.39 is 0 Å². The highest BCUT2D eigenvalue weighted by Gasteiger charge is 2.13. The van der Waals surface area contributed by atoms with Gasteiger partial charge in [0.05, 0.1) is 10.7 Å². The van der Waals surface area contributed by atoms with Crippen molar-refractivity contribution in [2.45, 2.75) is 47.1 Å². The van der Waals surface area contributed by atoms with Crippen molar-refractivity contribution < 1.29 is 0 Å². The summed E-state index contributed by atoms with van der Waals surface area (Å²) in [6.45, 7) is 12.0. The van der Waals surface area contributed by atoms with Gasteiger partial charge in [-0.05, 0) is 32.7 Å². The van der Waals surface area contributed by atoms with E-state index in [-0.39, 0.29) is 0 Å². The van der Waals surface area contributed by atoms with Crippen molar-refractivity contribution in [2.24, 2.45) is 5.92 Å². The van der Waals surface area contributed by atoms with E-state index in [0.717, 1.165) is 13.0 Å². The largest absolute Gasteiger partial charge is 0.309 e. The van der Waals surface area contributed by atoms with E-state index >= 15 is 0 Å². The molecule has 1 N–H and O–H groups in total. The second kappa shape index (κ2) is 5.61. The fourth-order valence-corrected chi connectivity index (χ4v) is 2.56. The van der Waals surface area contributed by atoms with E-state index in [9.17, 15) is 0 Å². The van der Waals surface area contributed by atoms with Crippen molar-refractivity contribution in [1.82, 2.24) is 10.3 Å². The molecule has 1 atom stereocenters. The van der Waals surface area contributed by atoms with Crippen LogP contribution in [0.25, 0.3) is 0 Å². The third-order valence-corrected chi connectivity index (χ3v) is 3.89. The number of aromatic nitrogens is 1. The lowest BCUT2D eigenvalue weighted by molar-refractivity contribution is 0.499. The Morgan fingerprint density at radius 1 is 1.33 bits per heavy atom. The van der Waals surface area contributed by atoms with Crippen LogP contribution in [0, 0.1) is 12.8 Å². The van der Waals surface area contributed by atoms with Crippen LogP contribution in [-0.4, -0.2) is 11.5 Å². The van der Waals surface area contributed by atoms with Crippen LogP contribution in [0.5, 0.6) is 0 Å². The smallest absolute Gasteiger partial charge is 0.0928 e. The van der Waals surface area contributed by atoms with Gasteiger partial charge in [0.2, 0.25) is 0 Å². The molecular formula is C12H22N2S. The molecule has 0 fully saturated rings. The van der Waals surface area contributed by atoms with Gasteiger partial charge in [0.1, 0.15) is 0 Å². The van der Waals surface area contributed by atoms with Gasteiger partial charge in [-0.2, -0.15) is 0 Å². The van der Waals surface area contributed by atoms with E-state index in [2.05, 4.69) is 44.9 Å². The Hall–Kier alpha value is -0.410. The third-order valence-electron chi connectivity index (χ3n) is 2.40. The minimum Gasteiger partial charge on any atom is -0.309 e. The zero-order valence-electron chi connectivity index (χ0n) is 10.4. The molecule has 1 aromatic rings. The molecule has 15 heavy (non-hydrogen) atoms. The van der Waals surface area contributed by atoms with E-state index in [1.54, 1.807) is 0 Å². The number of nitrogens with zero attached hydrogens (tertiary/aromatic N) is 1. The normalized spacial score (nSPS) is 13.5. The maximum atomic E-state index is 4.56. The molecule has 0 aliphatic carbocycles. The summed E-state index contributed by atoms with van der Waals surface area (Å²) in [5, 5.41) is 4.80. The number of hydrogen-bond acceptors (Lipinski definition) is 3. The molecule has 0 bridgehead atoms. The first-order valence-electron chi connectivity index (χ1n) is 5.74. The second-order valence-corrected chi connectivity index (χ2v) is 5.55. The lowest BCUT2D eigenvalue weighted by Crippen LogP contribution is -2.23. The number of thiazole rings is 1. The number of rotatable bonds is 5. The summed E-state index contributed by atoms with van der Waals surface area (Å²) in [6.07, 6.45) is 1.04. The molecule has 1 unspecified atom stereocenters. The molecule has 86 valence electrons. The molecule has 1 aromatic heterocycles. The highest BCUT2D eigenvalue weighted by atomic mass is 32.1. The monoisotopic (exact) mass is 226 g/mol.